The predicted octanol–water partition coefficient (Wildman–Crippen LogP) is 4.00. The molecule has 2 aliphatic heterocycles. The van der Waals surface area contributed by atoms with E-state index in [-0.39, 0.29) is 41.9 Å². The Morgan fingerprint density at radius 3 is 2.51 bits per heavy atom. The molecule has 2 fully saturated rings. The second kappa shape index (κ2) is 12.6. The second-order valence-corrected chi connectivity index (χ2v) is 13.0. The number of nitrogens with one attached hydrogen (secondary N) is 2. The molecule has 0 bridgehead atoms. The van der Waals surface area contributed by atoms with Crippen molar-refractivity contribution in [2.24, 2.45) is 5.92 Å². The first kappa shape index (κ1) is 29.7. The Kier molecular flexibility index (Phi) is 9.14. The Balaban J connectivity index is 1.33. The normalized spacial score (nSPS) is 25.5. The molecular weight excluding hydrogens is 516 g/mol. The Hall–Kier alpha value is -2.78. The van der Waals surface area contributed by atoms with Gasteiger partial charge < -0.3 is 19.7 Å². The molecule has 2 saturated heterocycles. The molecule has 8 heteroatoms. The number of hydrogen-bond donors (Lipinski definition) is 2. The number of amides is 2. The van der Waals surface area contributed by atoms with E-state index in [1.165, 1.54) is 16.7 Å². The number of carbonyl (C=O) groups excluding carboxylic acids is 2. The topological polar surface area (TPSA) is 86.4 Å². The lowest BCUT2D eigenvalue weighted by Gasteiger charge is -2.43. The SMILES string of the molecule is CC(C)[C@H](NC1OC1OC(C)(C)C)C(=O)N1CCN(Cc2ccccc2)C[C@H]1C(=O)NC1CCCc2ccccc21. The number of aryl methyl sites for hydroxylation is 1. The highest BCUT2D eigenvalue weighted by Gasteiger charge is 2.47. The fraction of sp³-hybridized carbons (Fsp3) is 0.576. The van der Waals surface area contributed by atoms with Crippen molar-refractivity contribution in [3.8, 4) is 0 Å². The van der Waals surface area contributed by atoms with Crippen molar-refractivity contribution in [1.29, 1.82) is 0 Å². The maximum absolute atomic E-state index is 14.1. The number of hydrogen-bond acceptors (Lipinski definition) is 6. The minimum absolute atomic E-state index is 0.0123. The van der Waals surface area contributed by atoms with Crippen molar-refractivity contribution in [1.82, 2.24) is 20.4 Å². The summed E-state index contributed by atoms with van der Waals surface area (Å²) in [5, 5.41) is 6.72. The fourth-order valence-electron chi connectivity index (χ4n) is 6.04. The first-order valence-corrected chi connectivity index (χ1v) is 15.1. The Bertz CT molecular complexity index is 1200. The first-order valence-electron chi connectivity index (χ1n) is 15.1. The summed E-state index contributed by atoms with van der Waals surface area (Å²) in [6.07, 6.45) is 2.26. The van der Waals surface area contributed by atoms with E-state index in [0.29, 0.717) is 19.6 Å². The van der Waals surface area contributed by atoms with E-state index in [0.717, 1.165) is 25.8 Å². The van der Waals surface area contributed by atoms with E-state index < -0.39 is 12.1 Å². The van der Waals surface area contributed by atoms with Gasteiger partial charge in [0.2, 0.25) is 11.8 Å². The molecule has 0 spiro atoms. The highest BCUT2D eigenvalue weighted by Crippen LogP contribution is 2.31. The molecule has 2 heterocycles. The van der Waals surface area contributed by atoms with Gasteiger partial charge in [-0.1, -0.05) is 68.4 Å². The average molecular weight is 563 g/mol. The van der Waals surface area contributed by atoms with Crippen molar-refractivity contribution < 1.29 is 19.1 Å². The molecule has 0 radical (unpaired) electrons. The van der Waals surface area contributed by atoms with E-state index >= 15 is 0 Å². The summed E-state index contributed by atoms with van der Waals surface area (Å²) in [4.78, 5) is 32.2. The molecule has 1 aliphatic carbocycles. The number of ether oxygens (including phenoxy) is 2. The van der Waals surface area contributed by atoms with Crippen LogP contribution in [0.4, 0.5) is 0 Å². The van der Waals surface area contributed by atoms with Gasteiger partial charge in [0.25, 0.3) is 0 Å². The summed E-state index contributed by atoms with van der Waals surface area (Å²) in [6.45, 7) is 12.4. The number of rotatable bonds is 9. The maximum atomic E-state index is 14.1. The van der Waals surface area contributed by atoms with Crippen molar-refractivity contribution in [3.05, 3.63) is 71.3 Å². The number of benzene rings is 2. The molecule has 222 valence electrons. The summed E-state index contributed by atoms with van der Waals surface area (Å²) in [5.41, 5.74) is 3.35. The highest BCUT2D eigenvalue weighted by atomic mass is 16.8. The van der Waals surface area contributed by atoms with Crippen LogP contribution >= 0.6 is 0 Å². The molecule has 5 atom stereocenters. The molecule has 41 heavy (non-hydrogen) atoms. The summed E-state index contributed by atoms with van der Waals surface area (Å²) in [5.74, 6) is -0.135. The predicted molar refractivity (Wildman–Crippen MR) is 159 cm³/mol. The van der Waals surface area contributed by atoms with Crippen LogP contribution in [0.15, 0.2) is 54.6 Å². The standard InChI is InChI=1S/C33H46N4O4/c1-22(2)28(35-30-32(40-30)41-33(3,4)5)31(39)37-19-18-36(20-23-12-7-6-8-13-23)21-27(37)29(38)34-26-17-11-15-24-14-9-10-16-25(24)26/h6-10,12-14,16,22,26-28,30,32,35H,11,15,17-21H2,1-5H3,(H,34,38)/t26?,27-,28-,30?,32?/m0/s1. The summed E-state index contributed by atoms with van der Waals surface area (Å²) < 4.78 is 11.6. The molecule has 3 unspecified atom stereocenters. The monoisotopic (exact) mass is 562 g/mol. The molecule has 0 saturated carbocycles. The van der Waals surface area contributed by atoms with Gasteiger partial charge in [-0.25, -0.2) is 0 Å². The number of nitrogens with zero attached hydrogens (tertiary/aromatic N) is 2. The van der Waals surface area contributed by atoms with Crippen molar-refractivity contribution in [2.75, 3.05) is 19.6 Å². The van der Waals surface area contributed by atoms with Gasteiger partial charge >= 0.3 is 0 Å². The minimum Gasteiger partial charge on any atom is -0.347 e. The van der Waals surface area contributed by atoms with E-state index in [4.69, 9.17) is 9.47 Å². The molecule has 2 amide bonds. The smallest absolute Gasteiger partial charge is 0.244 e. The van der Waals surface area contributed by atoms with Crippen molar-refractivity contribution >= 4 is 11.8 Å². The third-order valence-corrected chi connectivity index (χ3v) is 8.18. The van der Waals surface area contributed by atoms with Crippen molar-refractivity contribution in [3.63, 3.8) is 0 Å². The molecule has 3 aliphatic rings. The van der Waals surface area contributed by atoms with Crippen LogP contribution in [-0.2, 0) is 32.0 Å². The summed E-state index contributed by atoms with van der Waals surface area (Å²) >= 11 is 0. The van der Waals surface area contributed by atoms with Crippen LogP contribution in [0, 0.1) is 5.92 Å². The zero-order chi connectivity index (χ0) is 29.1. The Morgan fingerprint density at radius 1 is 1.05 bits per heavy atom. The fourth-order valence-corrected chi connectivity index (χ4v) is 6.04. The largest absolute Gasteiger partial charge is 0.347 e. The molecule has 0 aromatic heterocycles. The highest BCUT2D eigenvalue weighted by molar-refractivity contribution is 5.90. The van der Waals surface area contributed by atoms with Crippen molar-refractivity contribution in [2.45, 2.75) is 96.7 Å². The second-order valence-electron chi connectivity index (χ2n) is 13.0. The number of carbonyl (C=O) groups is 2. The van der Waals surface area contributed by atoms with Crippen LogP contribution in [0.1, 0.15) is 70.2 Å². The molecule has 2 N–H and O–H groups in total. The summed E-state index contributed by atoms with van der Waals surface area (Å²) in [7, 11) is 0. The van der Waals surface area contributed by atoms with Gasteiger partial charge in [-0.15, -0.1) is 0 Å². The Labute approximate surface area is 244 Å². The molecule has 2 aromatic carbocycles. The van der Waals surface area contributed by atoms with E-state index in [1.54, 1.807) is 4.90 Å². The lowest BCUT2D eigenvalue weighted by molar-refractivity contribution is -0.147. The number of epoxide rings is 1. The van der Waals surface area contributed by atoms with Crippen LogP contribution in [-0.4, -0.2) is 71.5 Å². The Morgan fingerprint density at radius 2 is 1.78 bits per heavy atom. The van der Waals surface area contributed by atoms with Gasteiger partial charge in [-0.05, 0) is 62.6 Å². The zero-order valence-electron chi connectivity index (χ0n) is 25.1. The van der Waals surface area contributed by atoms with Gasteiger partial charge in [0.05, 0.1) is 17.7 Å². The quantitative estimate of drug-likeness (QED) is 0.450. The molecule has 2 aromatic rings. The van der Waals surface area contributed by atoms with E-state index in [2.05, 4.69) is 45.9 Å². The van der Waals surface area contributed by atoms with Gasteiger partial charge in [-0.3, -0.25) is 19.8 Å². The zero-order valence-corrected chi connectivity index (χ0v) is 25.1. The number of fused-ring (bicyclic) bond motifs is 1. The van der Waals surface area contributed by atoms with Crippen LogP contribution in [0.2, 0.25) is 0 Å². The van der Waals surface area contributed by atoms with E-state index in [1.807, 2.05) is 58.9 Å². The van der Waals surface area contributed by atoms with Crippen LogP contribution < -0.4 is 10.6 Å². The molecular formula is C33H46N4O4. The van der Waals surface area contributed by atoms with Crippen LogP contribution in [0.3, 0.4) is 0 Å². The van der Waals surface area contributed by atoms with Gasteiger partial charge in [0.1, 0.15) is 6.04 Å². The van der Waals surface area contributed by atoms with Gasteiger partial charge in [0, 0.05) is 26.2 Å². The lowest BCUT2D eigenvalue weighted by atomic mass is 9.87. The molecule has 8 nitrogen and oxygen atoms in total. The minimum atomic E-state index is -0.584. The third-order valence-electron chi connectivity index (χ3n) is 8.18. The summed E-state index contributed by atoms with van der Waals surface area (Å²) in [6, 6.07) is 17.6. The van der Waals surface area contributed by atoms with Crippen LogP contribution in [0.5, 0.6) is 0 Å². The number of piperazine rings is 1. The first-order chi connectivity index (χ1) is 19.6. The van der Waals surface area contributed by atoms with Gasteiger partial charge in [-0.2, -0.15) is 0 Å². The van der Waals surface area contributed by atoms with Gasteiger partial charge in [0.15, 0.2) is 12.5 Å². The lowest BCUT2D eigenvalue weighted by Crippen LogP contribution is -2.64. The molecule has 5 rings (SSSR count). The van der Waals surface area contributed by atoms with Crippen LogP contribution in [0.25, 0.3) is 0 Å². The van der Waals surface area contributed by atoms with E-state index in [9.17, 15) is 9.59 Å². The average Bonchev–Trinajstić information content (AvgIpc) is 3.67. The third kappa shape index (κ3) is 7.55. The maximum Gasteiger partial charge on any atom is 0.244 e.